The summed E-state index contributed by atoms with van der Waals surface area (Å²) >= 11 is 0. The lowest BCUT2D eigenvalue weighted by Gasteiger charge is -2.37. The minimum Gasteiger partial charge on any atom is -0.395 e. The lowest BCUT2D eigenvalue weighted by Crippen LogP contribution is -2.53. The van der Waals surface area contributed by atoms with Gasteiger partial charge in [-0.15, -0.1) is 0 Å². The average molecular weight is 622 g/mol. The molecule has 12 heteroatoms. The number of hydrogen-bond acceptors (Lipinski definition) is 6. The Kier molecular flexibility index (Phi) is 11.0. The Labute approximate surface area is 259 Å². The van der Waals surface area contributed by atoms with Gasteiger partial charge in [0.05, 0.1) is 42.6 Å². The second-order valence-corrected chi connectivity index (χ2v) is 10.4. The van der Waals surface area contributed by atoms with Crippen LogP contribution >= 0.6 is 0 Å². The van der Waals surface area contributed by atoms with Crippen LogP contribution in [0.15, 0.2) is 78.5 Å². The Morgan fingerprint density at radius 1 is 0.978 bits per heavy atom. The molecular formula is C33H34F3N5O4. The Morgan fingerprint density at radius 2 is 1.64 bits per heavy atom. The summed E-state index contributed by atoms with van der Waals surface area (Å²) in [5, 5.41) is 30.4. The molecule has 45 heavy (non-hydrogen) atoms. The topological polar surface area (TPSA) is 120 Å². The molecule has 0 fully saturated rings. The number of aliphatic hydroxyl groups excluding tert-OH is 2. The highest BCUT2D eigenvalue weighted by Crippen LogP contribution is 2.38. The number of benzene rings is 3. The summed E-state index contributed by atoms with van der Waals surface area (Å²) in [4.78, 5) is 31.2. The molecule has 0 spiro atoms. The van der Waals surface area contributed by atoms with Crippen LogP contribution in [0.3, 0.4) is 0 Å². The van der Waals surface area contributed by atoms with E-state index in [-0.39, 0.29) is 32.0 Å². The number of aliphatic hydroxyl groups is 2. The number of carbonyl (C=O) groups is 2. The number of hydrogen-bond donors (Lipinski definition) is 3. The Balaban J connectivity index is 1.72. The number of imide groups is 1. The highest BCUT2D eigenvalue weighted by molar-refractivity contribution is 6.09. The molecule has 0 unspecified atom stereocenters. The zero-order valence-electron chi connectivity index (χ0n) is 24.7. The predicted molar refractivity (Wildman–Crippen MR) is 164 cm³/mol. The van der Waals surface area contributed by atoms with Gasteiger partial charge in [0.1, 0.15) is 0 Å². The largest absolute Gasteiger partial charge is 0.416 e. The zero-order valence-corrected chi connectivity index (χ0v) is 24.7. The van der Waals surface area contributed by atoms with E-state index in [9.17, 15) is 38.2 Å². The maximum atomic E-state index is 13.8. The highest BCUT2D eigenvalue weighted by Gasteiger charge is 2.38. The lowest BCUT2D eigenvalue weighted by molar-refractivity contribution is -0.137. The van der Waals surface area contributed by atoms with Crippen LogP contribution in [0.5, 0.6) is 0 Å². The van der Waals surface area contributed by atoms with E-state index in [1.165, 1.54) is 12.1 Å². The molecule has 4 amide bonds. The van der Waals surface area contributed by atoms with Gasteiger partial charge >= 0.3 is 18.2 Å². The van der Waals surface area contributed by atoms with Crippen molar-refractivity contribution in [1.29, 1.82) is 5.26 Å². The van der Waals surface area contributed by atoms with Crippen molar-refractivity contribution < 1.29 is 33.0 Å². The fourth-order valence-corrected chi connectivity index (χ4v) is 5.24. The third-order valence-electron chi connectivity index (χ3n) is 7.52. The Bertz CT molecular complexity index is 1580. The monoisotopic (exact) mass is 621 g/mol. The summed E-state index contributed by atoms with van der Waals surface area (Å²) in [6.45, 7) is 2.70. The van der Waals surface area contributed by atoms with Crippen molar-refractivity contribution in [3.63, 3.8) is 0 Å². The number of rotatable bonds is 11. The molecule has 0 saturated carbocycles. The first kappa shape index (κ1) is 33.2. The molecule has 3 aromatic rings. The van der Waals surface area contributed by atoms with E-state index in [4.69, 9.17) is 0 Å². The maximum Gasteiger partial charge on any atom is 0.416 e. The van der Waals surface area contributed by atoms with Crippen LogP contribution in [0.25, 0.3) is 16.7 Å². The second kappa shape index (κ2) is 14.9. The van der Waals surface area contributed by atoms with Gasteiger partial charge < -0.3 is 15.5 Å². The quantitative estimate of drug-likeness (QED) is 0.250. The van der Waals surface area contributed by atoms with E-state index in [0.29, 0.717) is 48.5 Å². The fraction of sp³-hybridized carbons (Fsp3) is 0.303. The molecule has 3 aromatic carbocycles. The van der Waals surface area contributed by atoms with Crippen LogP contribution in [0.2, 0.25) is 0 Å². The van der Waals surface area contributed by atoms with Gasteiger partial charge in [0.15, 0.2) is 0 Å². The van der Waals surface area contributed by atoms with Crippen LogP contribution in [0.4, 0.5) is 28.4 Å². The number of nitrogens with zero attached hydrogens (tertiary/aromatic N) is 4. The van der Waals surface area contributed by atoms with Crippen LogP contribution in [-0.2, 0) is 6.18 Å². The van der Waals surface area contributed by atoms with Crippen molar-refractivity contribution in [2.45, 2.75) is 19.5 Å². The molecule has 0 saturated heterocycles. The van der Waals surface area contributed by atoms with Crippen molar-refractivity contribution in [2.24, 2.45) is 0 Å². The number of halogens is 3. The molecule has 0 radical (unpaired) electrons. The molecule has 236 valence electrons. The fourth-order valence-electron chi connectivity index (χ4n) is 5.24. The zero-order chi connectivity index (χ0) is 32.6. The smallest absolute Gasteiger partial charge is 0.395 e. The highest BCUT2D eigenvalue weighted by atomic mass is 19.4. The van der Waals surface area contributed by atoms with E-state index in [1.54, 1.807) is 37.3 Å². The molecule has 0 aliphatic carbocycles. The minimum atomic E-state index is -4.64. The molecule has 0 aromatic heterocycles. The summed E-state index contributed by atoms with van der Waals surface area (Å²) in [5.41, 5.74) is 2.63. The van der Waals surface area contributed by atoms with Crippen LogP contribution in [0, 0.1) is 11.3 Å². The molecule has 3 N–H and O–H groups in total. The molecule has 1 aliphatic heterocycles. The van der Waals surface area contributed by atoms with E-state index < -0.39 is 23.8 Å². The standard InChI is InChI=1S/C33H34F3N5O4/c1-23-30(29-9-3-2-8-28(29)25-12-10-24(21-37)11-13-25)22-40(31(44)38-14-5-15-39(16-18-42)17-19-43)32(45)41(23)27-7-4-6-26(20-27)33(34,35)36/h2-4,6-13,20,42-43H,5,14-19,22H2,1H3,(H,38,44). The average Bonchev–Trinajstić information content (AvgIpc) is 3.03. The van der Waals surface area contributed by atoms with E-state index in [0.717, 1.165) is 33.1 Å². The Morgan fingerprint density at radius 3 is 2.27 bits per heavy atom. The number of carbonyl (C=O) groups excluding carboxylic acids is 2. The molecular weight excluding hydrogens is 587 g/mol. The van der Waals surface area contributed by atoms with Crippen molar-refractivity contribution >= 4 is 23.3 Å². The van der Waals surface area contributed by atoms with Gasteiger partial charge in [0.2, 0.25) is 0 Å². The van der Waals surface area contributed by atoms with Gasteiger partial charge in [-0.3, -0.25) is 9.80 Å². The molecule has 9 nitrogen and oxygen atoms in total. The second-order valence-electron chi connectivity index (χ2n) is 10.4. The predicted octanol–water partition coefficient (Wildman–Crippen LogP) is 5.30. The first-order valence-electron chi connectivity index (χ1n) is 14.4. The first-order valence-corrected chi connectivity index (χ1v) is 14.4. The van der Waals surface area contributed by atoms with Crippen molar-refractivity contribution in [1.82, 2.24) is 15.1 Å². The number of nitriles is 1. The van der Waals surface area contributed by atoms with Crippen molar-refractivity contribution in [3.8, 4) is 17.2 Å². The van der Waals surface area contributed by atoms with Gasteiger partial charge in [0.25, 0.3) is 0 Å². The lowest BCUT2D eigenvalue weighted by atomic mass is 9.91. The molecule has 1 aliphatic rings. The summed E-state index contributed by atoms with van der Waals surface area (Å²) in [6, 6.07) is 19.2. The number of anilines is 1. The molecule has 4 rings (SSSR count). The van der Waals surface area contributed by atoms with Crippen molar-refractivity contribution in [3.05, 3.63) is 95.2 Å². The molecule has 1 heterocycles. The van der Waals surface area contributed by atoms with Gasteiger partial charge in [-0.25, -0.2) is 14.5 Å². The van der Waals surface area contributed by atoms with Crippen molar-refractivity contribution in [2.75, 3.05) is 50.8 Å². The van der Waals surface area contributed by atoms with Crippen LogP contribution in [0.1, 0.15) is 30.0 Å². The van der Waals surface area contributed by atoms with Gasteiger partial charge in [0, 0.05) is 25.3 Å². The molecule has 0 bridgehead atoms. The first-order chi connectivity index (χ1) is 21.6. The summed E-state index contributed by atoms with van der Waals surface area (Å²) < 4.78 is 41.0. The van der Waals surface area contributed by atoms with E-state index in [2.05, 4.69) is 11.4 Å². The van der Waals surface area contributed by atoms with E-state index >= 15 is 0 Å². The minimum absolute atomic E-state index is 0.0400. The number of allylic oxidation sites excluding steroid dienone is 1. The summed E-state index contributed by atoms with van der Waals surface area (Å²) in [5.74, 6) is 0. The number of amides is 4. The third kappa shape index (κ3) is 7.88. The normalized spacial score (nSPS) is 13.8. The van der Waals surface area contributed by atoms with Crippen LogP contribution < -0.4 is 10.2 Å². The summed E-state index contributed by atoms with van der Waals surface area (Å²) in [7, 11) is 0. The van der Waals surface area contributed by atoms with Crippen LogP contribution in [-0.4, -0.2) is 78.0 Å². The number of urea groups is 2. The van der Waals surface area contributed by atoms with E-state index in [1.807, 2.05) is 23.1 Å². The van der Waals surface area contributed by atoms with Gasteiger partial charge in [-0.05, 0) is 72.5 Å². The summed E-state index contributed by atoms with van der Waals surface area (Å²) in [6.07, 6.45) is -4.18. The number of nitrogens with one attached hydrogen (secondary N) is 1. The third-order valence-corrected chi connectivity index (χ3v) is 7.52. The SMILES string of the molecule is CC1=C(c2ccccc2-c2ccc(C#N)cc2)CN(C(=O)NCCCN(CCO)CCO)C(=O)N1c1cccc(C(F)(F)F)c1. The molecule has 0 atom stereocenters. The number of alkyl halides is 3. The Hall–Kier alpha value is -4.70. The van der Waals surface area contributed by atoms with Gasteiger partial charge in [-0.1, -0.05) is 42.5 Å². The van der Waals surface area contributed by atoms with Gasteiger partial charge in [-0.2, -0.15) is 18.4 Å². The maximum absolute atomic E-state index is 13.8.